The van der Waals surface area contributed by atoms with E-state index >= 15 is 0 Å². The Bertz CT molecular complexity index is 705. The molecule has 0 aromatic heterocycles. The normalized spacial score (nSPS) is 21.8. The van der Waals surface area contributed by atoms with Crippen LogP contribution in [0.15, 0.2) is 30.3 Å². The van der Waals surface area contributed by atoms with Gasteiger partial charge in [0.2, 0.25) is 0 Å². The molecule has 0 radical (unpaired) electrons. The van der Waals surface area contributed by atoms with Gasteiger partial charge in [0.15, 0.2) is 0 Å². The minimum atomic E-state index is -3.98. The molecular formula is C20H32NO7P. The Morgan fingerprint density at radius 2 is 1.93 bits per heavy atom. The number of esters is 1. The first kappa shape index (κ1) is 23.7. The Hall–Kier alpha value is -1.57. The summed E-state index contributed by atoms with van der Waals surface area (Å²) in [5.41, 5.74) is -0.403. The van der Waals surface area contributed by atoms with Crippen LogP contribution < -0.4 is 5.32 Å². The van der Waals surface area contributed by atoms with Gasteiger partial charge in [-0.25, -0.2) is 0 Å². The topological polar surface area (TPSA) is 103 Å². The monoisotopic (exact) mass is 429 g/mol. The van der Waals surface area contributed by atoms with Gasteiger partial charge in [-0.2, -0.15) is 0 Å². The molecular weight excluding hydrogens is 397 g/mol. The third-order valence-corrected chi connectivity index (χ3v) is 5.71. The van der Waals surface area contributed by atoms with Crippen LogP contribution in [0.5, 0.6) is 0 Å². The quantitative estimate of drug-likeness (QED) is 0.507. The van der Waals surface area contributed by atoms with Gasteiger partial charge in [-0.05, 0) is 0 Å². The van der Waals surface area contributed by atoms with Crippen molar-refractivity contribution in [3.63, 3.8) is 0 Å². The number of rotatable bonds is 7. The van der Waals surface area contributed by atoms with Crippen molar-refractivity contribution in [1.82, 2.24) is 5.32 Å². The molecule has 164 valence electrons. The van der Waals surface area contributed by atoms with Crippen molar-refractivity contribution >= 4 is 20.0 Å². The van der Waals surface area contributed by atoms with Crippen molar-refractivity contribution in [2.75, 3.05) is 13.2 Å². The Labute approximate surface area is 172 Å². The summed E-state index contributed by atoms with van der Waals surface area (Å²) in [6.45, 7) is 9.27. The van der Waals surface area contributed by atoms with Gasteiger partial charge in [-0.15, -0.1) is 0 Å². The van der Waals surface area contributed by atoms with Crippen molar-refractivity contribution in [2.24, 2.45) is 5.41 Å². The SMILES string of the molecule is CC(C)(C)OC(=O)CCNC(=O)[C@@H]1O[PH](O)(OCc2ccccc2)OCC1(C)C. The number of carbonyl (C=O) groups excluding carboxylic acids is 2. The van der Waals surface area contributed by atoms with Gasteiger partial charge in [0, 0.05) is 0 Å². The summed E-state index contributed by atoms with van der Waals surface area (Å²) >= 11 is 0. The van der Waals surface area contributed by atoms with Gasteiger partial charge in [0.1, 0.15) is 0 Å². The number of ether oxygens (including phenoxy) is 1. The molecule has 0 bridgehead atoms. The fourth-order valence-corrected chi connectivity index (χ4v) is 4.55. The van der Waals surface area contributed by atoms with E-state index in [1.54, 1.807) is 34.6 Å². The zero-order chi connectivity index (χ0) is 21.7. The molecule has 0 aliphatic carbocycles. The van der Waals surface area contributed by atoms with Crippen molar-refractivity contribution in [3.05, 3.63) is 35.9 Å². The van der Waals surface area contributed by atoms with Crippen LogP contribution in [0, 0.1) is 5.41 Å². The maximum absolute atomic E-state index is 12.7. The molecule has 1 aliphatic heterocycles. The first-order chi connectivity index (χ1) is 13.4. The summed E-state index contributed by atoms with van der Waals surface area (Å²) < 4.78 is 21.9. The minimum absolute atomic E-state index is 0.0405. The summed E-state index contributed by atoms with van der Waals surface area (Å²) in [5, 5.41) is 2.67. The number of benzene rings is 1. The molecule has 1 aliphatic rings. The van der Waals surface area contributed by atoms with Crippen LogP contribution in [0.4, 0.5) is 0 Å². The molecule has 9 heteroatoms. The van der Waals surface area contributed by atoms with Gasteiger partial charge in [0.25, 0.3) is 0 Å². The molecule has 0 saturated carbocycles. The molecule has 1 fully saturated rings. The average molecular weight is 429 g/mol. The molecule has 1 saturated heterocycles. The molecule has 29 heavy (non-hydrogen) atoms. The van der Waals surface area contributed by atoms with Gasteiger partial charge >= 0.3 is 172 Å². The zero-order valence-corrected chi connectivity index (χ0v) is 18.7. The van der Waals surface area contributed by atoms with Gasteiger partial charge in [0.05, 0.1) is 0 Å². The third kappa shape index (κ3) is 7.64. The van der Waals surface area contributed by atoms with E-state index < -0.39 is 37.2 Å². The van der Waals surface area contributed by atoms with Crippen LogP contribution in [-0.4, -0.2) is 41.6 Å². The fraction of sp³-hybridized carbons (Fsp3) is 0.600. The van der Waals surface area contributed by atoms with Gasteiger partial charge in [-0.3, -0.25) is 0 Å². The first-order valence-corrected chi connectivity index (χ1v) is 11.3. The molecule has 2 N–H and O–H groups in total. The van der Waals surface area contributed by atoms with Crippen LogP contribution in [-0.2, 0) is 34.5 Å². The third-order valence-electron chi connectivity index (χ3n) is 4.15. The molecule has 1 heterocycles. The van der Waals surface area contributed by atoms with E-state index in [0.717, 1.165) is 5.56 Å². The Kier molecular flexibility index (Phi) is 7.76. The van der Waals surface area contributed by atoms with E-state index in [0.29, 0.717) is 0 Å². The van der Waals surface area contributed by atoms with Crippen molar-refractivity contribution in [1.29, 1.82) is 0 Å². The summed E-state index contributed by atoms with van der Waals surface area (Å²) in [5.74, 6) is -0.835. The van der Waals surface area contributed by atoms with Crippen LogP contribution in [0.3, 0.4) is 0 Å². The van der Waals surface area contributed by atoms with Gasteiger partial charge in [-0.1, -0.05) is 0 Å². The first-order valence-electron chi connectivity index (χ1n) is 9.62. The summed E-state index contributed by atoms with van der Waals surface area (Å²) in [7, 11) is -3.98. The molecule has 8 nitrogen and oxygen atoms in total. The van der Waals surface area contributed by atoms with E-state index in [1.165, 1.54) is 0 Å². The second-order valence-electron chi connectivity index (χ2n) is 8.70. The second-order valence-corrected chi connectivity index (χ2v) is 10.6. The van der Waals surface area contributed by atoms with Crippen LogP contribution >= 0.6 is 8.17 Å². The van der Waals surface area contributed by atoms with E-state index in [2.05, 4.69) is 5.32 Å². The van der Waals surface area contributed by atoms with Crippen molar-refractivity contribution in [3.8, 4) is 0 Å². The predicted molar refractivity (Wildman–Crippen MR) is 110 cm³/mol. The van der Waals surface area contributed by atoms with Crippen molar-refractivity contribution < 1.29 is 32.8 Å². The number of hydrogen-bond acceptors (Lipinski definition) is 7. The fourth-order valence-electron chi connectivity index (χ4n) is 2.70. The predicted octanol–water partition coefficient (Wildman–Crippen LogP) is 2.90. The molecule has 0 spiro atoms. The van der Waals surface area contributed by atoms with E-state index in [-0.39, 0.29) is 26.2 Å². The number of amides is 1. The Morgan fingerprint density at radius 1 is 1.28 bits per heavy atom. The standard InChI is InChI=1S/C20H32NO7P/c1-19(2,3)27-16(22)11-12-21-18(23)17-20(4,5)14-26-29(24,28-17)25-13-15-9-7-6-8-10-15/h6-10,17,24,29H,11-14H2,1-5H3,(H,21,23)/t17-/m0/s1. The van der Waals surface area contributed by atoms with Crippen molar-refractivity contribution in [2.45, 2.75) is 59.4 Å². The summed E-state index contributed by atoms with van der Waals surface area (Å²) in [6, 6.07) is 9.30. The zero-order valence-electron chi connectivity index (χ0n) is 17.7. The maximum atomic E-state index is 12.7. The molecule has 0 unspecified atom stereocenters. The van der Waals surface area contributed by atoms with Gasteiger partial charge < -0.3 is 0 Å². The van der Waals surface area contributed by atoms with Crippen LogP contribution in [0.25, 0.3) is 0 Å². The number of nitrogens with one attached hydrogen (secondary N) is 1. The molecule has 2 rings (SSSR count). The van der Waals surface area contributed by atoms with E-state index in [9.17, 15) is 14.5 Å². The molecule has 1 aromatic rings. The molecule has 1 amide bonds. The Balaban J connectivity index is 1.91. The summed E-state index contributed by atoms with van der Waals surface area (Å²) in [4.78, 5) is 35.1. The Morgan fingerprint density at radius 3 is 2.55 bits per heavy atom. The number of carbonyl (C=O) groups is 2. The van der Waals surface area contributed by atoms with Crippen LogP contribution in [0.1, 0.15) is 46.6 Å². The molecule has 1 atom stereocenters. The average Bonchev–Trinajstić information content (AvgIpc) is 2.62. The van der Waals surface area contributed by atoms with E-state index in [4.69, 9.17) is 18.3 Å². The molecule has 1 aromatic carbocycles. The number of hydrogen-bond donors (Lipinski definition) is 2. The van der Waals surface area contributed by atoms with Crippen LogP contribution in [0.2, 0.25) is 0 Å². The van der Waals surface area contributed by atoms with E-state index in [1.807, 2.05) is 30.3 Å². The summed E-state index contributed by atoms with van der Waals surface area (Å²) in [6.07, 6.45) is -0.930. The second kappa shape index (κ2) is 9.49.